The average molecular weight is 219 g/mol. The molecule has 1 N–H and O–H groups in total. The molecule has 3 fully saturated rings. The lowest BCUT2D eigenvalue weighted by Gasteiger charge is -2.45. The topological polar surface area (TPSA) is 44.0 Å². The zero-order valence-corrected chi connectivity index (χ0v) is 10.2. The second-order valence-corrected chi connectivity index (χ2v) is 6.73. The second kappa shape index (κ2) is 3.01. The van der Waals surface area contributed by atoms with Crippen LogP contribution in [0, 0.1) is 40.4 Å². The van der Waals surface area contributed by atoms with Crippen LogP contribution in [0.3, 0.4) is 0 Å². The van der Waals surface area contributed by atoms with Gasteiger partial charge in [-0.15, -0.1) is 0 Å². The van der Waals surface area contributed by atoms with Crippen molar-refractivity contribution in [1.82, 2.24) is 0 Å². The van der Waals surface area contributed by atoms with E-state index >= 15 is 0 Å². The Morgan fingerprint density at radius 2 is 2.00 bits per heavy atom. The summed E-state index contributed by atoms with van der Waals surface area (Å²) in [5.74, 6) is 2.70. The molecule has 2 nitrogen and oxygen atoms in total. The second-order valence-electron chi connectivity index (χ2n) is 6.73. The normalized spacial score (nSPS) is 50.4. The van der Waals surface area contributed by atoms with Gasteiger partial charge in [-0.05, 0) is 63.2 Å². The molecule has 3 aliphatic carbocycles. The fraction of sp³-hybridized carbons (Fsp3) is 0.929. The van der Waals surface area contributed by atoms with Crippen LogP contribution in [0.4, 0.5) is 0 Å². The van der Waals surface area contributed by atoms with Crippen LogP contribution in [0.1, 0.15) is 46.0 Å². The van der Waals surface area contributed by atoms with Crippen molar-refractivity contribution in [3.63, 3.8) is 0 Å². The zero-order valence-electron chi connectivity index (χ0n) is 10.2. The molecule has 0 aromatic carbocycles. The molecule has 2 heteroatoms. The summed E-state index contributed by atoms with van der Waals surface area (Å²) in [7, 11) is 0. The van der Waals surface area contributed by atoms with Gasteiger partial charge in [0.25, 0.3) is 0 Å². The van der Waals surface area contributed by atoms with E-state index in [1.165, 1.54) is 25.7 Å². The Morgan fingerprint density at radius 3 is 2.69 bits per heavy atom. The highest BCUT2D eigenvalue weighted by Gasteiger charge is 2.65. The van der Waals surface area contributed by atoms with Crippen molar-refractivity contribution in [2.75, 3.05) is 0 Å². The molecule has 0 spiro atoms. The molecular weight excluding hydrogens is 198 g/mol. The van der Waals surface area contributed by atoms with Gasteiger partial charge in [0.2, 0.25) is 0 Å². The van der Waals surface area contributed by atoms with Crippen molar-refractivity contribution in [2.24, 2.45) is 29.1 Å². The molecular formula is C14H21NO. The average Bonchev–Trinajstić information content (AvgIpc) is 2.86. The predicted molar refractivity (Wildman–Crippen MR) is 61.4 cm³/mol. The van der Waals surface area contributed by atoms with E-state index in [4.69, 9.17) is 0 Å². The van der Waals surface area contributed by atoms with Gasteiger partial charge >= 0.3 is 0 Å². The summed E-state index contributed by atoms with van der Waals surface area (Å²) in [6, 6.07) is 2.34. The molecule has 3 saturated carbocycles. The molecule has 0 radical (unpaired) electrons. The van der Waals surface area contributed by atoms with Gasteiger partial charge in [0.05, 0.1) is 17.1 Å². The van der Waals surface area contributed by atoms with Crippen LogP contribution in [0.5, 0.6) is 0 Å². The minimum atomic E-state index is -0.710. The van der Waals surface area contributed by atoms with Crippen LogP contribution >= 0.6 is 0 Å². The summed E-state index contributed by atoms with van der Waals surface area (Å²) in [5.41, 5.74) is -1.29. The van der Waals surface area contributed by atoms with Crippen LogP contribution < -0.4 is 0 Å². The van der Waals surface area contributed by atoms with Gasteiger partial charge in [0.15, 0.2) is 0 Å². The maximum Gasteiger partial charge on any atom is 0.0861 e. The molecule has 5 unspecified atom stereocenters. The maximum atomic E-state index is 10.9. The molecule has 0 aliphatic heterocycles. The summed E-state index contributed by atoms with van der Waals surface area (Å²) in [4.78, 5) is 0. The van der Waals surface area contributed by atoms with E-state index < -0.39 is 11.0 Å². The highest BCUT2D eigenvalue weighted by Crippen LogP contribution is 2.65. The van der Waals surface area contributed by atoms with Crippen molar-refractivity contribution in [2.45, 2.75) is 51.6 Å². The number of fused-ring (bicyclic) bond motifs is 5. The van der Waals surface area contributed by atoms with Gasteiger partial charge in [0, 0.05) is 0 Å². The molecule has 3 aliphatic rings. The van der Waals surface area contributed by atoms with Crippen molar-refractivity contribution in [3.05, 3.63) is 0 Å². The fourth-order valence-electron chi connectivity index (χ4n) is 4.93. The number of aliphatic hydroxyl groups is 1. The number of nitriles is 1. The van der Waals surface area contributed by atoms with Gasteiger partial charge in [-0.25, -0.2) is 0 Å². The molecule has 0 heterocycles. The SMILES string of the molecule is CC(C)(C#N)C1(O)CC2CC1C1CCCC21. The van der Waals surface area contributed by atoms with E-state index in [2.05, 4.69) is 6.07 Å². The molecule has 2 bridgehead atoms. The lowest BCUT2D eigenvalue weighted by Crippen LogP contribution is -2.51. The first kappa shape index (κ1) is 10.6. The lowest BCUT2D eigenvalue weighted by atomic mass is 9.62. The smallest absolute Gasteiger partial charge is 0.0861 e. The van der Waals surface area contributed by atoms with Crippen LogP contribution in [0.15, 0.2) is 0 Å². The Labute approximate surface area is 97.7 Å². The first-order valence-electron chi connectivity index (χ1n) is 6.63. The minimum absolute atomic E-state index is 0.402. The van der Waals surface area contributed by atoms with E-state index in [1.54, 1.807) is 0 Å². The highest BCUT2D eigenvalue weighted by molar-refractivity contribution is 5.19. The molecule has 88 valence electrons. The number of hydrogen-bond acceptors (Lipinski definition) is 2. The summed E-state index contributed by atoms with van der Waals surface area (Å²) >= 11 is 0. The van der Waals surface area contributed by atoms with Gasteiger partial charge < -0.3 is 5.11 Å². The van der Waals surface area contributed by atoms with E-state index in [0.29, 0.717) is 11.8 Å². The molecule has 0 aromatic rings. The number of rotatable bonds is 1. The van der Waals surface area contributed by atoms with Crippen LogP contribution in [-0.4, -0.2) is 10.7 Å². The predicted octanol–water partition coefficient (Wildman–Crippen LogP) is 2.72. The molecule has 5 atom stereocenters. The minimum Gasteiger partial charge on any atom is -0.388 e. The van der Waals surface area contributed by atoms with E-state index in [1.807, 2.05) is 13.8 Å². The monoisotopic (exact) mass is 219 g/mol. The Morgan fingerprint density at radius 1 is 1.31 bits per heavy atom. The van der Waals surface area contributed by atoms with Gasteiger partial charge in [-0.1, -0.05) is 6.42 Å². The molecule has 3 rings (SSSR count). The Bertz CT molecular complexity index is 356. The first-order valence-corrected chi connectivity index (χ1v) is 6.63. The highest BCUT2D eigenvalue weighted by atomic mass is 16.3. The van der Waals surface area contributed by atoms with Crippen LogP contribution in [0.2, 0.25) is 0 Å². The Hall–Kier alpha value is -0.550. The summed E-state index contributed by atoms with van der Waals surface area (Å²) < 4.78 is 0. The first-order chi connectivity index (χ1) is 7.49. The third kappa shape index (κ3) is 1.06. The summed E-state index contributed by atoms with van der Waals surface area (Å²) in [5, 5.41) is 20.2. The van der Waals surface area contributed by atoms with Crippen molar-refractivity contribution >= 4 is 0 Å². The third-order valence-corrected chi connectivity index (χ3v) is 5.85. The van der Waals surface area contributed by atoms with Crippen molar-refractivity contribution in [1.29, 1.82) is 5.26 Å². The van der Waals surface area contributed by atoms with E-state index in [-0.39, 0.29) is 0 Å². The summed E-state index contributed by atoms with van der Waals surface area (Å²) in [6.07, 6.45) is 6.05. The van der Waals surface area contributed by atoms with Gasteiger partial charge in [0.1, 0.15) is 0 Å². The third-order valence-electron chi connectivity index (χ3n) is 5.85. The molecule has 16 heavy (non-hydrogen) atoms. The fourth-order valence-corrected chi connectivity index (χ4v) is 4.93. The molecule has 0 saturated heterocycles. The standard InChI is InChI=1S/C14H21NO/c1-13(2,8-15)14(16)7-9-6-12(14)11-5-3-4-10(9)11/h9-12,16H,3-7H2,1-2H3. The Balaban J connectivity index is 1.94. The van der Waals surface area contributed by atoms with Crippen LogP contribution in [0.25, 0.3) is 0 Å². The molecule has 0 aromatic heterocycles. The zero-order chi connectivity index (χ0) is 11.6. The Kier molecular flexibility index (Phi) is 2.00. The summed E-state index contributed by atoms with van der Waals surface area (Å²) in [6.45, 7) is 3.83. The largest absolute Gasteiger partial charge is 0.388 e. The number of hydrogen-bond donors (Lipinski definition) is 1. The molecule has 0 amide bonds. The lowest BCUT2D eigenvalue weighted by molar-refractivity contribution is -0.107. The quantitative estimate of drug-likeness (QED) is 0.737. The van der Waals surface area contributed by atoms with Crippen molar-refractivity contribution < 1.29 is 5.11 Å². The van der Waals surface area contributed by atoms with E-state index in [0.717, 1.165) is 18.3 Å². The van der Waals surface area contributed by atoms with Gasteiger partial charge in [-0.2, -0.15) is 5.26 Å². The maximum absolute atomic E-state index is 10.9. The van der Waals surface area contributed by atoms with Gasteiger partial charge in [-0.3, -0.25) is 0 Å². The van der Waals surface area contributed by atoms with Crippen molar-refractivity contribution in [3.8, 4) is 6.07 Å². The number of nitrogens with zero attached hydrogens (tertiary/aromatic N) is 1. The van der Waals surface area contributed by atoms with Crippen LogP contribution in [-0.2, 0) is 0 Å². The van der Waals surface area contributed by atoms with E-state index in [9.17, 15) is 10.4 Å².